The molecule has 0 bridgehead atoms. The molecule has 1 atom stereocenters. The summed E-state index contributed by atoms with van der Waals surface area (Å²) in [6, 6.07) is 11.9. The maximum Gasteiger partial charge on any atom is 0.311 e. The van der Waals surface area contributed by atoms with Gasteiger partial charge in [0.05, 0.1) is 25.1 Å². The second kappa shape index (κ2) is 10.3. The van der Waals surface area contributed by atoms with Crippen molar-refractivity contribution in [1.82, 2.24) is 10.4 Å². The first-order valence-electron chi connectivity index (χ1n) is 9.75. The van der Waals surface area contributed by atoms with Crippen LogP contribution in [0.3, 0.4) is 0 Å². The number of aryl methyl sites for hydroxylation is 1. The van der Waals surface area contributed by atoms with E-state index < -0.39 is 36.2 Å². The Morgan fingerprint density at radius 3 is 2.66 bits per heavy atom. The molecule has 1 fully saturated rings. The molecule has 2 N–H and O–H groups in total. The van der Waals surface area contributed by atoms with E-state index in [1.807, 2.05) is 13.0 Å². The Balaban J connectivity index is 1.51. The van der Waals surface area contributed by atoms with E-state index in [2.05, 4.69) is 26.7 Å². The highest BCUT2D eigenvalue weighted by molar-refractivity contribution is 9.10. The number of nitrogens with one attached hydrogen (secondary N) is 2. The molecule has 2 aromatic rings. The highest BCUT2D eigenvalue weighted by atomic mass is 79.9. The van der Waals surface area contributed by atoms with Gasteiger partial charge in [-0.1, -0.05) is 28.1 Å². The number of para-hydroxylation sites is 1. The van der Waals surface area contributed by atoms with Gasteiger partial charge in [0, 0.05) is 16.6 Å². The van der Waals surface area contributed by atoms with Crippen LogP contribution in [-0.4, -0.2) is 49.0 Å². The van der Waals surface area contributed by atoms with Crippen LogP contribution in [0.15, 0.2) is 46.9 Å². The number of carbonyl (C=O) groups is 4. The van der Waals surface area contributed by atoms with Crippen LogP contribution in [0.25, 0.3) is 0 Å². The van der Waals surface area contributed by atoms with E-state index in [4.69, 9.17) is 9.47 Å². The van der Waals surface area contributed by atoms with Crippen molar-refractivity contribution in [2.24, 2.45) is 5.92 Å². The number of rotatable bonds is 7. The SMILES string of the molecule is COc1ccccc1C(=O)NN1C[C@@H](C(=O)OCC(=O)Nc2ccc(Br)cc2C)CC1=O. The third-order valence-corrected chi connectivity index (χ3v) is 5.35. The number of hydrogen-bond donors (Lipinski definition) is 2. The van der Waals surface area contributed by atoms with Crippen molar-refractivity contribution in [3.05, 3.63) is 58.1 Å². The molecular formula is C22H22BrN3O6. The number of methoxy groups -OCH3 is 1. The van der Waals surface area contributed by atoms with Gasteiger partial charge in [-0.3, -0.25) is 29.6 Å². The topological polar surface area (TPSA) is 114 Å². The monoisotopic (exact) mass is 503 g/mol. The van der Waals surface area contributed by atoms with E-state index in [1.54, 1.807) is 36.4 Å². The third kappa shape index (κ3) is 5.64. The molecule has 0 unspecified atom stereocenters. The zero-order chi connectivity index (χ0) is 23.3. The van der Waals surface area contributed by atoms with Gasteiger partial charge >= 0.3 is 5.97 Å². The minimum Gasteiger partial charge on any atom is -0.496 e. The van der Waals surface area contributed by atoms with E-state index >= 15 is 0 Å². The Morgan fingerprint density at radius 2 is 1.94 bits per heavy atom. The number of anilines is 1. The standard InChI is InChI=1S/C22H22BrN3O6/c1-13-9-15(23)7-8-17(13)24-19(27)12-32-22(30)14-10-20(28)26(11-14)25-21(29)16-5-3-4-6-18(16)31-2/h3-9,14H,10-12H2,1-2H3,(H,24,27)(H,25,29)/t14-/m0/s1. The Hall–Kier alpha value is -3.40. The smallest absolute Gasteiger partial charge is 0.311 e. The van der Waals surface area contributed by atoms with E-state index in [-0.39, 0.29) is 18.5 Å². The zero-order valence-corrected chi connectivity index (χ0v) is 19.1. The average molecular weight is 504 g/mol. The predicted molar refractivity (Wildman–Crippen MR) is 119 cm³/mol. The Kier molecular flexibility index (Phi) is 7.47. The molecule has 3 amide bonds. The van der Waals surface area contributed by atoms with Crippen LogP contribution in [0.2, 0.25) is 0 Å². The Labute approximate surface area is 193 Å². The first-order chi connectivity index (χ1) is 15.3. The number of carbonyl (C=O) groups excluding carboxylic acids is 4. The second-order valence-corrected chi connectivity index (χ2v) is 8.08. The molecule has 9 nitrogen and oxygen atoms in total. The number of hydrogen-bond acceptors (Lipinski definition) is 6. The quantitative estimate of drug-likeness (QED) is 0.560. The highest BCUT2D eigenvalue weighted by Crippen LogP contribution is 2.22. The van der Waals surface area contributed by atoms with E-state index in [9.17, 15) is 19.2 Å². The van der Waals surface area contributed by atoms with Gasteiger partial charge in [-0.2, -0.15) is 0 Å². The lowest BCUT2D eigenvalue weighted by Gasteiger charge is -2.18. The summed E-state index contributed by atoms with van der Waals surface area (Å²) in [6.07, 6.45) is -0.127. The van der Waals surface area contributed by atoms with Crippen molar-refractivity contribution >= 4 is 45.3 Å². The minimum atomic E-state index is -0.789. The van der Waals surface area contributed by atoms with E-state index in [1.165, 1.54) is 7.11 Å². The lowest BCUT2D eigenvalue weighted by molar-refractivity contribution is -0.151. The normalized spacial score (nSPS) is 15.3. The van der Waals surface area contributed by atoms with Crippen LogP contribution >= 0.6 is 15.9 Å². The molecule has 2 aromatic carbocycles. The van der Waals surface area contributed by atoms with Crippen LogP contribution in [0.4, 0.5) is 5.69 Å². The largest absolute Gasteiger partial charge is 0.496 e. The van der Waals surface area contributed by atoms with Crippen molar-refractivity contribution < 1.29 is 28.7 Å². The predicted octanol–water partition coefficient (Wildman–Crippen LogP) is 2.44. The molecule has 1 heterocycles. The molecule has 0 aromatic heterocycles. The van der Waals surface area contributed by atoms with Crippen molar-refractivity contribution in [3.8, 4) is 5.75 Å². The van der Waals surface area contributed by atoms with Gasteiger partial charge in [0.1, 0.15) is 5.75 Å². The molecule has 0 spiro atoms. The molecule has 1 aliphatic heterocycles. The summed E-state index contributed by atoms with van der Waals surface area (Å²) < 4.78 is 11.1. The van der Waals surface area contributed by atoms with E-state index in [0.717, 1.165) is 15.0 Å². The fourth-order valence-corrected chi connectivity index (χ4v) is 3.67. The highest BCUT2D eigenvalue weighted by Gasteiger charge is 2.37. The van der Waals surface area contributed by atoms with Gasteiger partial charge in [-0.05, 0) is 42.8 Å². The summed E-state index contributed by atoms with van der Waals surface area (Å²) in [4.78, 5) is 49.2. The summed E-state index contributed by atoms with van der Waals surface area (Å²) in [6.45, 7) is 1.31. The maximum absolute atomic E-state index is 12.5. The second-order valence-electron chi connectivity index (χ2n) is 7.16. The molecule has 0 radical (unpaired) electrons. The molecule has 1 saturated heterocycles. The van der Waals surface area contributed by atoms with Gasteiger partial charge in [0.2, 0.25) is 5.91 Å². The number of benzene rings is 2. The van der Waals surface area contributed by atoms with Gasteiger partial charge < -0.3 is 14.8 Å². The Bertz CT molecular complexity index is 1060. The molecule has 32 heavy (non-hydrogen) atoms. The fourth-order valence-electron chi connectivity index (χ4n) is 3.20. The number of ether oxygens (including phenoxy) is 2. The first-order valence-corrected chi connectivity index (χ1v) is 10.5. The fraction of sp³-hybridized carbons (Fsp3) is 0.273. The van der Waals surface area contributed by atoms with Crippen LogP contribution in [-0.2, 0) is 19.1 Å². The number of halogens is 1. The summed E-state index contributed by atoms with van der Waals surface area (Å²) >= 11 is 3.35. The maximum atomic E-state index is 12.5. The van der Waals surface area contributed by atoms with Crippen molar-refractivity contribution in [1.29, 1.82) is 0 Å². The molecule has 3 rings (SSSR count). The summed E-state index contributed by atoms with van der Waals surface area (Å²) in [5.74, 6) is -2.56. The molecule has 0 aliphatic carbocycles. The molecule has 10 heteroatoms. The first kappa shape index (κ1) is 23.3. The lowest BCUT2D eigenvalue weighted by Crippen LogP contribution is -2.43. The lowest BCUT2D eigenvalue weighted by atomic mass is 10.1. The van der Waals surface area contributed by atoms with Gasteiger partial charge in [-0.15, -0.1) is 0 Å². The van der Waals surface area contributed by atoms with Crippen molar-refractivity contribution in [2.45, 2.75) is 13.3 Å². The number of amides is 3. The minimum absolute atomic E-state index is 0.0496. The number of nitrogens with zero attached hydrogens (tertiary/aromatic N) is 1. The number of hydrazine groups is 1. The summed E-state index contributed by atoms with van der Waals surface area (Å²) in [7, 11) is 1.44. The van der Waals surface area contributed by atoms with Crippen molar-refractivity contribution in [3.63, 3.8) is 0 Å². The van der Waals surface area contributed by atoms with Crippen LogP contribution in [0.1, 0.15) is 22.3 Å². The molecule has 1 aliphatic rings. The van der Waals surface area contributed by atoms with Crippen LogP contribution < -0.4 is 15.5 Å². The zero-order valence-electron chi connectivity index (χ0n) is 17.5. The summed E-state index contributed by atoms with van der Waals surface area (Å²) in [5.41, 5.74) is 4.20. The van der Waals surface area contributed by atoms with Gasteiger partial charge in [0.15, 0.2) is 6.61 Å². The molecule has 0 saturated carbocycles. The van der Waals surface area contributed by atoms with Gasteiger partial charge in [-0.25, -0.2) is 0 Å². The van der Waals surface area contributed by atoms with E-state index in [0.29, 0.717) is 11.4 Å². The average Bonchev–Trinajstić information content (AvgIpc) is 3.14. The molecule has 168 valence electrons. The Morgan fingerprint density at radius 1 is 1.19 bits per heavy atom. The third-order valence-electron chi connectivity index (χ3n) is 4.85. The van der Waals surface area contributed by atoms with Crippen molar-refractivity contribution in [2.75, 3.05) is 25.6 Å². The van der Waals surface area contributed by atoms with Gasteiger partial charge in [0.25, 0.3) is 11.8 Å². The molecular weight excluding hydrogens is 482 g/mol. The van der Waals surface area contributed by atoms with Crippen LogP contribution in [0, 0.1) is 12.8 Å². The number of esters is 1. The summed E-state index contributed by atoms with van der Waals surface area (Å²) in [5, 5.41) is 3.75. The van der Waals surface area contributed by atoms with Crippen LogP contribution in [0.5, 0.6) is 5.75 Å².